The number of carbonyl (C=O) groups excluding carboxylic acids is 2. The van der Waals surface area contributed by atoms with Crippen LogP contribution < -0.4 is 9.62 Å². The van der Waals surface area contributed by atoms with Crippen molar-refractivity contribution < 1.29 is 18.0 Å². The molecule has 1 N–H and O–H groups in total. The van der Waals surface area contributed by atoms with Crippen LogP contribution in [0.1, 0.15) is 63.0 Å². The predicted molar refractivity (Wildman–Crippen MR) is 159 cm³/mol. The maximum atomic E-state index is 13.5. The first-order chi connectivity index (χ1) is 18.4. The number of benzene rings is 2. The second-order valence-electron chi connectivity index (χ2n) is 10.1. The van der Waals surface area contributed by atoms with E-state index < -0.39 is 16.1 Å². The second kappa shape index (κ2) is 14.1. The van der Waals surface area contributed by atoms with Crippen LogP contribution in [-0.2, 0) is 26.2 Å². The monoisotopic (exact) mass is 615 g/mol. The molecule has 3 rings (SSSR count). The summed E-state index contributed by atoms with van der Waals surface area (Å²) in [6.07, 6.45) is 6.63. The van der Waals surface area contributed by atoms with Crippen LogP contribution in [0.4, 0.5) is 5.69 Å². The number of hydrogen-bond donors (Lipinski definition) is 1. The molecule has 11 heteroatoms. The van der Waals surface area contributed by atoms with E-state index in [9.17, 15) is 18.0 Å². The molecule has 0 aliphatic heterocycles. The van der Waals surface area contributed by atoms with Gasteiger partial charge in [-0.25, -0.2) is 8.42 Å². The Balaban J connectivity index is 1.76. The Morgan fingerprint density at radius 1 is 1.03 bits per heavy atom. The number of amides is 2. The van der Waals surface area contributed by atoms with Crippen LogP contribution in [0, 0.1) is 6.92 Å². The van der Waals surface area contributed by atoms with E-state index >= 15 is 0 Å². The number of nitrogens with zero attached hydrogens (tertiary/aromatic N) is 2. The molecule has 214 valence electrons. The standard InChI is InChI=1S/C28H36Cl3N3O4S/c1-19-23(29)11-7-12-26(19)34(39(3,37)38)16-8-13-27(35)33(18-21-14-15-24(30)25(31)17-21)20(2)28(36)32-22-9-5-4-6-10-22/h7,11-12,14-15,17,20,22H,4-6,8-10,13,16,18H2,1-3H3,(H,32,36)/t20-/m1/s1. The fourth-order valence-electron chi connectivity index (χ4n) is 4.83. The van der Waals surface area contributed by atoms with Gasteiger partial charge in [0, 0.05) is 30.6 Å². The first-order valence-corrected chi connectivity index (χ1v) is 16.1. The molecule has 0 unspecified atom stereocenters. The highest BCUT2D eigenvalue weighted by atomic mass is 35.5. The zero-order valence-corrected chi connectivity index (χ0v) is 25.6. The van der Waals surface area contributed by atoms with Crippen molar-refractivity contribution in [3.05, 3.63) is 62.6 Å². The Labute approximate surface area is 246 Å². The molecular formula is C28H36Cl3N3O4S. The lowest BCUT2D eigenvalue weighted by Crippen LogP contribution is -2.50. The molecule has 1 saturated carbocycles. The highest BCUT2D eigenvalue weighted by Crippen LogP contribution is 2.29. The first-order valence-electron chi connectivity index (χ1n) is 13.1. The number of halogens is 3. The lowest BCUT2D eigenvalue weighted by atomic mass is 9.95. The quantitative estimate of drug-likeness (QED) is 0.318. The molecule has 0 saturated heterocycles. The van der Waals surface area contributed by atoms with Crippen molar-refractivity contribution in [3.8, 4) is 0 Å². The zero-order valence-electron chi connectivity index (χ0n) is 22.6. The fourth-order valence-corrected chi connectivity index (χ4v) is 6.34. The molecule has 0 aromatic heterocycles. The average molecular weight is 617 g/mol. The Hall–Kier alpha value is -2.00. The summed E-state index contributed by atoms with van der Waals surface area (Å²) in [6.45, 7) is 3.73. The van der Waals surface area contributed by atoms with Gasteiger partial charge in [0.15, 0.2) is 0 Å². The normalized spacial score (nSPS) is 15.0. The summed E-state index contributed by atoms with van der Waals surface area (Å²) in [6, 6.07) is 9.58. The molecule has 2 aromatic rings. The third-order valence-electron chi connectivity index (χ3n) is 7.12. The van der Waals surface area contributed by atoms with Crippen molar-refractivity contribution in [2.45, 2.75) is 77.4 Å². The molecule has 0 heterocycles. The number of rotatable bonds is 11. The third kappa shape index (κ3) is 8.74. The highest BCUT2D eigenvalue weighted by molar-refractivity contribution is 7.92. The maximum Gasteiger partial charge on any atom is 0.242 e. The van der Waals surface area contributed by atoms with Gasteiger partial charge >= 0.3 is 0 Å². The van der Waals surface area contributed by atoms with Gasteiger partial charge < -0.3 is 10.2 Å². The van der Waals surface area contributed by atoms with Gasteiger partial charge in [0.1, 0.15) is 6.04 Å². The molecular weight excluding hydrogens is 581 g/mol. The van der Waals surface area contributed by atoms with Crippen molar-refractivity contribution in [2.24, 2.45) is 0 Å². The minimum absolute atomic E-state index is 0.0496. The predicted octanol–water partition coefficient (Wildman–Crippen LogP) is 6.37. The average Bonchev–Trinajstić information content (AvgIpc) is 2.88. The molecule has 1 fully saturated rings. The molecule has 1 aliphatic rings. The van der Waals surface area contributed by atoms with Gasteiger partial charge in [-0.05, 0) is 68.5 Å². The Morgan fingerprint density at radius 2 is 1.72 bits per heavy atom. The van der Waals surface area contributed by atoms with Crippen LogP contribution >= 0.6 is 34.8 Å². The molecule has 2 amide bonds. The summed E-state index contributed by atoms with van der Waals surface area (Å²) >= 11 is 18.5. The van der Waals surface area contributed by atoms with E-state index in [0.717, 1.165) is 37.5 Å². The van der Waals surface area contributed by atoms with Crippen LogP contribution in [0.25, 0.3) is 0 Å². The lowest BCUT2D eigenvalue weighted by molar-refractivity contribution is -0.141. The van der Waals surface area contributed by atoms with Gasteiger partial charge in [-0.15, -0.1) is 0 Å². The highest BCUT2D eigenvalue weighted by Gasteiger charge is 2.29. The SMILES string of the molecule is Cc1c(Cl)cccc1N(CCCC(=O)N(Cc1ccc(Cl)c(Cl)c1)[C@H](C)C(=O)NC1CCCCC1)S(C)(=O)=O. The summed E-state index contributed by atoms with van der Waals surface area (Å²) in [5, 5.41) is 4.33. The molecule has 1 atom stereocenters. The largest absolute Gasteiger partial charge is 0.352 e. The topological polar surface area (TPSA) is 86.8 Å². The van der Waals surface area contributed by atoms with E-state index in [1.165, 1.54) is 15.6 Å². The lowest BCUT2D eigenvalue weighted by Gasteiger charge is -2.31. The summed E-state index contributed by atoms with van der Waals surface area (Å²) in [7, 11) is -3.62. The molecule has 1 aliphatic carbocycles. The van der Waals surface area contributed by atoms with E-state index in [4.69, 9.17) is 34.8 Å². The second-order valence-corrected chi connectivity index (χ2v) is 13.2. The van der Waals surface area contributed by atoms with Crippen molar-refractivity contribution in [1.29, 1.82) is 0 Å². The molecule has 39 heavy (non-hydrogen) atoms. The van der Waals surface area contributed by atoms with Crippen molar-refractivity contribution in [1.82, 2.24) is 10.2 Å². The van der Waals surface area contributed by atoms with Gasteiger partial charge in [0.25, 0.3) is 0 Å². The summed E-state index contributed by atoms with van der Waals surface area (Å²) in [5.74, 6) is -0.466. The Kier molecular flexibility index (Phi) is 11.4. The Bertz CT molecular complexity index is 1280. The Morgan fingerprint density at radius 3 is 2.36 bits per heavy atom. The zero-order chi connectivity index (χ0) is 28.7. The van der Waals surface area contributed by atoms with Gasteiger partial charge in [-0.1, -0.05) is 66.2 Å². The van der Waals surface area contributed by atoms with E-state index in [0.29, 0.717) is 26.3 Å². The van der Waals surface area contributed by atoms with E-state index in [1.54, 1.807) is 50.2 Å². The first kappa shape index (κ1) is 31.5. The fraction of sp³-hybridized carbons (Fsp3) is 0.500. The molecule has 2 aromatic carbocycles. The van der Waals surface area contributed by atoms with Crippen LogP contribution in [0.15, 0.2) is 36.4 Å². The number of nitrogens with one attached hydrogen (secondary N) is 1. The number of sulfonamides is 1. The molecule has 0 radical (unpaired) electrons. The van der Waals surface area contributed by atoms with Crippen molar-refractivity contribution >= 4 is 62.3 Å². The van der Waals surface area contributed by atoms with Crippen LogP contribution in [0.3, 0.4) is 0 Å². The van der Waals surface area contributed by atoms with Crippen molar-refractivity contribution in [2.75, 3.05) is 17.1 Å². The number of anilines is 1. The number of carbonyl (C=O) groups is 2. The molecule has 0 bridgehead atoms. The van der Waals surface area contributed by atoms with Gasteiger partial charge in [-0.2, -0.15) is 0 Å². The maximum absolute atomic E-state index is 13.5. The van der Waals surface area contributed by atoms with E-state index in [2.05, 4.69) is 5.32 Å². The smallest absolute Gasteiger partial charge is 0.242 e. The molecule has 7 nitrogen and oxygen atoms in total. The summed E-state index contributed by atoms with van der Waals surface area (Å²) in [4.78, 5) is 28.2. The minimum atomic E-state index is -3.62. The van der Waals surface area contributed by atoms with Gasteiger partial charge in [0.05, 0.1) is 22.0 Å². The molecule has 0 spiro atoms. The summed E-state index contributed by atoms with van der Waals surface area (Å²) < 4.78 is 26.5. The van der Waals surface area contributed by atoms with Crippen LogP contribution in [-0.4, -0.2) is 50.0 Å². The van der Waals surface area contributed by atoms with Crippen molar-refractivity contribution in [3.63, 3.8) is 0 Å². The van der Waals surface area contributed by atoms with Gasteiger partial charge in [-0.3, -0.25) is 13.9 Å². The summed E-state index contributed by atoms with van der Waals surface area (Å²) in [5.41, 5.74) is 1.86. The number of hydrogen-bond acceptors (Lipinski definition) is 4. The van der Waals surface area contributed by atoms with Crippen LogP contribution in [0.5, 0.6) is 0 Å². The van der Waals surface area contributed by atoms with Gasteiger partial charge in [0.2, 0.25) is 21.8 Å². The van der Waals surface area contributed by atoms with E-state index in [-0.39, 0.29) is 43.8 Å². The minimum Gasteiger partial charge on any atom is -0.352 e. The van der Waals surface area contributed by atoms with Crippen LogP contribution in [0.2, 0.25) is 15.1 Å². The third-order valence-corrected chi connectivity index (χ3v) is 9.44. The van der Waals surface area contributed by atoms with E-state index in [1.807, 2.05) is 0 Å².